The number of aliphatic hydroxyl groups is 1. The first kappa shape index (κ1) is 8.97. The Labute approximate surface area is 67.5 Å². The van der Waals surface area contributed by atoms with Gasteiger partial charge in [0.1, 0.15) is 0 Å². The first-order valence-corrected chi connectivity index (χ1v) is 4.24. The maximum absolute atomic E-state index is 8.68. The van der Waals surface area contributed by atoms with E-state index in [1.807, 2.05) is 0 Å². The summed E-state index contributed by atoms with van der Waals surface area (Å²) in [5.41, 5.74) is 5.57. The lowest BCUT2D eigenvalue weighted by molar-refractivity contribution is 0.0429. The predicted octanol–water partition coefficient (Wildman–Crippen LogP) is 0.264. The van der Waals surface area contributed by atoms with E-state index in [-0.39, 0.29) is 18.8 Å². The summed E-state index contributed by atoms with van der Waals surface area (Å²) in [6, 6.07) is -0.106. The quantitative estimate of drug-likeness (QED) is 0.621. The molecule has 0 bridgehead atoms. The fourth-order valence-electron chi connectivity index (χ4n) is 1.47. The van der Waals surface area contributed by atoms with Gasteiger partial charge in [0.25, 0.3) is 0 Å². The Kier molecular flexibility index (Phi) is 3.30. The van der Waals surface area contributed by atoms with Crippen molar-refractivity contribution in [1.82, 2.24) is 0 Å². The molecule has 1 rings (SSSR count). The third-order valence-electron chi connectivity index (χ3n) is 2.12. The lowest BCUT2D eigenvalue weighted by Gasteiger charge is -2.14. The molecular weight excluding hydrogens is 142 g/mol. The second-order valence-corrected chi connectivity index (χ2v) is 3.32. The van der Waals surface area contributed by atoms with Crippen LogP contribution in [-0.4, -0.2) is 30.0 Å². The molecule has 1 heterocycles. The van der Waals surface area contributed by atoms with Crippen molar-refractivity contribution in [2.75, 3.05) is 6.61 Å². The summed E-state index contributed by atoms with van der Waals surface area (Å²) in [6.07, 6.45) is 3.68. The Hall–Kier alpha value is -0.120. The van der Waals surface area contributed by atoms with Crippen LogP contribution < -0.4 is 5.73 Å². The molecule has 1 fully saturated rings. The van der Waals surface area contributed by atoms with Gasteiger partial charge in [-0.1, -0.05) is 0 Å². The summed E-state index contributed by atoms with van der Waals surface area (Å²) >= 11 is 0. The van der Waals surface area contributed by atoms with Crippen molar-refractivity contribution in [3.8, 4) is 0 Å². The Morgan fingerprint density at radius 1 is 1.64 bits per heavy atom. The maximum atomic E-state index is 8.68. The fraction of sp³-hybridized carbons (Fsp3) is 1.00. The largest absolute Gasteiger partial charge is 0.395 e. The van der Waals surface area contributed by atoms with Crippen molar-refractivity contribution >= 4 is 0 Å². The van der Waals surface area contributed by atoms with E-state index in [0.29, 0.717) is 6.10 Å². The Balaban J connectivity index is 2.17. The Morgan fingerprint density at radius 3 is 2.82 bits per heavy atom. The van der Waals surface area contributed by atoms with Crippen LogP contribution in [0.5, 0.6) is 0 Å². The number of hydrogen-bond acceptors (Lipinski definition) is 3. The minimum atomic E-state index is -0.106. The van der Waals surface area contributed by atoms with E-state index in [2.05, 4.69) is 6.92 Å². The third kappa shape index (κ3) is 2.77. The van der Waals surface area contributed by atoms with E-state index in [0.717, 1.165) is 19.3 Å². The maximum Gasteiger partial charge on any atom is 0.0595 e. The van der Waals surface area contributed by atoms with E-state index >= 15 is 0 Å². The molecule has 3 nitrogen and oxygen atoms in total. The highest BCUT2D eigenvalue weighted by atomic mass is 16.5. The highest BCUT2D eigenvalue weighted by molar-refractivity contribution is 4.74. The van der Waals surface area contributed by atoms with Crippen molar-refractivity contribution in [2.24, 2.45) is 5.73 Å². The van der Waals surface area contributed by atoms with Crippen LogP contribution in [0.3, 0.4) is 0 Å². The molecule has 0 aromatic carbocycles. The number of hydrogen-bond donors (Lipinski definition) is 2. The van der Waals surface area contributed by atoms with Gasteiger partial charge < -0.3 is 15.6 Å². The van der Waals surface area contributed by atoms with Crippen molar-refractivity contribution in [2.45, 2.75) is 44.4 Å². The van der Waals surface area contributed by atoms with Gasteiger partial charge in [0.05, 0.1) is 18.8 Å². The van der Waals surface area contributed by atoms with Gasteiger partial charge >= 0.3 is 0 Å². The van der Waals surface area contributed by atoms with Gasteiger partial charge in [0, 0.05) is 6.04 Å². The summed E-state index contributed by atoms with van der Waals surface area (Å²) in [5, 5.41) is 8.68. The summed E-state index contributed by atoms with van der Waals surface area (Å²) in [4.78, 5) is 0. The molecule has 1 aliphatic heterocycles. The molecule has 0 aliphatic carbocycles. The van der Waals surface area contributed by atoms with Gasteiger partial charge in [-0.15, -0.1) is 0 Å². The van der Waals surface area contributed by atoms with Gasteiger partial charge in [-0.2, -0.15) is 0 Å². The van der Waals surface area contributed by atoms with Crippen molar-refractivity contribution < 1.29 is 9.84 Å². The zero-order chi connectivity index (χ0) is 8.27. The van der Waals surface area contributed by atoms with Gasteiger partial charge in [0.2, 0.25) is 0 Å². The molecule has 3 N–H and O–H groups in total. The third-order valence-corrected chi connectivity index (χ3v) is 2.12. The number of ether oxygens (including phenoxy) is 1. The first-order chi connectivity index (χ1) is 5.22. The molecule has 0 spiro atoms. The standard InChI is InChI=1S/C8H17NO2/c1-6-2-3-8(11-6)4-7(9)5-10/h6-8,10H,2-5,9H2,1H3. The average molecular weight is 159 g/mol. The van der Waals surface area contributed by atoms with Crippen LogP contribution in [0.15, 0.2) is 0 Å². The van der Waals surface area contributed by atoms with Crippen LogP contribution in [0.2, 0.25) is 0 Å². The van der Waals surface area contributed by atoms with Crippen LogP contribution in [0.4, 0.5) is 0 Å². The molecule has 0 amide bonds. The smallest absolute Gasteiger partial charge is 0.0595 e. The van der Waals surface area contributed by atoms with Gasteiger partial charge in [-0.25, -0.2) is 0 Å². The van der Waals surface area contributed by atoms with Crippen LogP contribution in [0, 0.1) is 0 Å². The molecular formula is C8H17NO2. The monoisotopic (exact) mass is 159 g/mol. The van der Waals surface area contributed by atoms with E-state index in [9.17, 15) is 0 Å². The molecule has 3 atom stereocenters. The lowest BCUT2D eigenvalue weighted by Crippen LogP contribution is -2.29. The van der Waals surface area contributed by atoms with Crippen LogP contribution in [-0.2, 0) is 4.74 Å². The normalized spacial score (nSPS) is 34.1. The van der Waals surface area contributed by atoms with E-state index in [1.165, 1.54) is 0 Å². The van der Waals surface area contributed by atoms with E-state index < -0.39 is 0 Å². The van der Waals surface area contributed by atoms with Crippen molar-refractivity contribution in [3.63, 3.8) is 0 Å². The summed E-state index contributed by atoms with van der Waals surface area (Å²) in [5.74, 6) is 0. The second kappa shape index (κ2) is 4.04. The van der Waals surface area contributed by atoms with Gasteiger partial charge in [-0.3, -0.25) is 0 Å². The minimum Gasteiger partial charge on any atom is -0.395 e. The highest BCUT2D eigenvalue weighted by Gasteiger charge is 2.23. The summed E-state index contributed by atoms with van der Waals surface area (Å²) in [6.45, 7) is 2.14. The predicted molar refractivity (Wildman–Crippen MR) is 43.2 cm³/mol. The Bertz CT molecular complexity index is 119. The molecule has 0 radical (unpaired) electrons. The molecule has 3 unspecified atom stereocenters. The second-order valence-electron chi connectivity index (χ2n) is 3.32. The summed E-state index contributed by atoms with van der Waals surface area (Å²) in [7, 11) is 0. The number of rotatable bonds is 3. The molecule has 1 saturated heterocycles. The van der Waals surface area contributed by atoms with E-state index in [4.69, 9.17) is 15.6 Å². The molecule has 1 aliphatic rings. The molecule has 66 valence electrons. The highest BCUT2D eigenvalue weighted by Crippen LogP contribution is 2.21. The summed E-state index contributed by atoms with van der Waals surface area (Å²) < 4.78 is 5.54. The van der Waals surface area contributed by atoms with Gasteiger partial charge in [0.15, 0.2) is 0 Å². The molecule has 0 saturated carbocycles. The first-order valence-electron chi connectivity index (χ1n) is 4.24. The number of aliphatic hydroxyl groups excluding tert-OH is 1. The molecule has 0 aromatic rings. The zero-order valence-corrected chi connectivity index (χ0v) is 6.99. The average Bonchev–Trinajstić information content (AvgIpc) is 2.35. The van der Waals surface area contributed by atoms with Crippen LogP contribution in [0.25, 0.3) is 0 Å². The molecule has 11 heavy (non-hydrogen) atoms. The lowest BCUT2D eigenvalue weighted by atomic mass is 10.1. The van der Waals surface area contributed by atoms with E-state index in [1.54, 1.807) is 0 Å². The number of nitrogens with two attached hydrogens (primary N) is 1. The Morgan fingerprint density at radius 2 is 2.36 bits per heavy atom. The van der Waals surface area contributed by atoms with Crippen molar-refractivity contribution in [1.29, 1.82) is 0 Å². The fourth-order valence-corrected chi connectivity index (χ4v) is 1.47. The van der Waals surface area contributed by atoms with Gasteiger partial charge in [-0.05, 0) is 26.2 Å². The van der Waals surface area contributed by atoms with Crippen LogP contribution in [0.1, 0.15) is 26.2 Å². The van der Waals surface area contributed by atoms with Crippen molar-refractivity contribution in [3.05, 3.63) is 0 Å². The SMILES string of the molecule is CC1CCC(CC(N)CO)O1. The molecule has 3 heteroatoms. The van der Waals surface area contributed by atoms with Crippen LogP contribution >= 0.6 is 0 Å². The molecule has 0 aromatic heterocycles. The topological polar surface area (TPSA) is 55.5 Å². The minimum absolute atomic E-state index is 0.0637. The zero-order valence-electron chi connectivity index (χ0n) is 6.99.